The zero-order valence-electron chi connectivity index (χ0n) is 18.6. The smallest absolute Gasteiger partial charge is 0.289 e. The van der Waals surface area contributed by atoms with Crippen LogP contribution >= 0.6 is 0 Å². The Balaban J connectivity index is 1.65. The fraction of sp³-hybridized carbons (Fsp3) is 0.583. The molecule has 1 aliphatic heterocycles. The number of carbonyl (C=O) groups is 2. The molecule has 2 aliphatic rings. The molecule has 1 aliphatic carbocycles. The number of morpholine rings is 1. The van der Waals surface area contributed by atoms with E-state index in [0.29, 0.717) is 12.1 Å². The minimum Gasteiger partial charge on any atom is -0.482 e. The monoisotopic (exact) mass is 431 g/mol. The van der Waals surface area contributed by atoms with Crippen molar-refractivity contribution < 1.29 is 18.7 Å². The summed E-state index contributed by atoms with van der Waals surface area (Å²) in [6, 6.07) is 5.96. The summed E-state index contributed by atoms with van der Waals surface area (Å²) in [7, 11) is 0. The predicted octanol–water partition coefficient (Wildman–Crippen LogP) is 3.18. The van der Waals surface area contributed by atoms with Crippen molar-refractivity contribution in [2.45, 2.75) is 58.1 Å². The summed E-state index contributed by atoms with van der Waals surface area (Å²) in [5.41, 5.74) is 0.568. The number of rotatable bonds is 9. The molecule has 0 spiro atoms. The molecule has 2 atom stereocenters. The third kappa shape index (κ3) is 6.29. The molecule has 1 saturated heterocycles. The standard InChI is InChI=1S/C24H34FN3O3/c1-3-27(4-2)14-8-13-26-23(29)17-28-20-11-5-6-12-21(20)31-22(24(28)30)16-18-9-7-10-19(25)15-18/h7,9-10,15-16,20-21H,3-6,8,11-14,17H2,1-2H3,(H,26,29)/b22-16+. The van der Waals surface area contributed by atoms with E-state index in [4.69, 9.17) is 4.74 Å². The Morgan fingerprint density at radius 2 is 2.06 bits per heavy atom. The van der Waals surface area contributed by atoms with E-state index in [0.717, 1.165) is 51.7 Å². The minimum absolute atomic E-state index is 0.0229. The van der Waals surface area contributed by atoms with Crippen molar-refractivity contribution >= 4 is 17.9 Å². The highest BCUT2D eigenvalue weighted by Gasteiger charge is 2.42. The molecular weight excluding hydrogens is 397 g/mol. The average molecular weight is 432 g/mol. The van der Waals surface area contributed by atoms with Gasteiger partial charge in [0.1, 0.15) is 18.5 Å². The van der Waals surface area contributed by atoms with Crippen LogP contribution in [0.5, 0.6) is 0 Å². The molecule has 1 aromatic carbocycles. The van der Waals surface area contributed by atoms with Gasteiger partial charge in [0.15, 0.2) is 5.76 Å². The summed E-state index contributed by atoms with van der Waals surface area (Å²) in [6.07, 6.45) is 6.06. The van der Waals surface area contributed by atoms with Gasteiger partial charge in [0, 0.05) is 6.54 Å². The largest absolute Gasteiger partial charge is 0.482 e. The van der Waals surface area contributed by atoms with Crippen LogP contribution < -0.4 is 5.32 Å². The van der Waals surface area contributed by atoms with E-state index in [1.54, 1.807) is 23.1 Å². The zero-order valence-corrected chi connectivity index (χ0v) is 18.6. The van der Waals surface area contributed by atoms with Crippen LogP contribution in [0, 0.1) is 5.82 Å². The van der Waals surface area contributed by atoms with Gasteiger partial charge in [0.25, 0.3) is 5.91 Å². The molecule has 0 radical (unpaired) electrons. The number of halogens is 1. The Bertz CT molecular complexity index is 794. The molecule has 0 aromatic heterocycles. The molecule has 31 heavy (non-hydrogen) atoms. The highest BCUT2D eigenvalue weighted by atomic mass is 19.1. The van der Waals surface area contributed by atoms with Crippen molar-refractivity contribution in [3.63, 3.8) is 0 Å². The number of nitrogens with zero attached hydrogens (tertiary/aromatic N) is 2. The lowest BCUT2D eigenvalue weighted by Crippen LogP contribution is -2.57. The molecule has 3 rings (SSSR count). The summed E-state index contributed by atoms with van der Waals surface area (Å²) in [4.78, 5) is 29.7. The molecule has 2 fully saturated rings. The highest BCUT2D eigenvalue weighted by molar-refractivity contribution is 5.98. The van der Waals surface area contributed by atoms with Crippen LogP contribution in [0.2, 0.25) is 0 Å². The third-order valence-electron chi connectivity index (χ3n) is 6.15. The molecule has 1 aromatic rings. The Hall–Kier alpha value is -2.41. The van der Waals surface area contributed by atoms with E-state index in [2.05, 4.69) is 24.1 Å². The second kappa shape index (κ2) is 11.3. The van der Waals surface area contributed by atoms with Gasteiger partial charge in [-0.25, -0.2) is 4.39 Å². The molecule has 1 N–H and O–H groups in total. The van der Waals surface area contributed by atoms with Gasteiger partial charge in [0.05, 0.1) is 6.04 Å². The normalized spacial score (nSPS) is 22.4. The van der Waals surface area contributed by atoms with Gasteiger partial charge in [-0.2, -0.15) is 0 Å². The Morgan fingerprint density at radius 1 is 1.29 bits per heavy atom. The number of nitrogens with one attached hydrogen (secondary N) is 1. The fourth-order valence-corrected chi connectivity index (χ4v) is 4.39. The molecule has 2 unspecified atom stereocenters. The van der Waals surface area contributed by atoms with Crippen molar-refractivity contribution in [1.29, 1.82) is 0 Å². The summed E-state index contributed by atoms with van der Waals surface area (Å²) < 4.78 is 19.6. The average Bonchev–Trinajstić information content (AvgIpc) is 2.77. The summed E-state index contributed by atoms with van der Waals surface area (Å²) in [6.45, 7) is 7.80. The maximum absolute atomic E-state index is 13.6. The van der Waals surface area contributed by atoms with E-state index in [1.807, 2.05) is 0 Å². The highest BCUT2D eigenvalue weighted by Crippen LogP contribution is 2.33. The molecule has 1 saturated carbocycles. The first-order valence-electron chi connectivity index (χ1n) is 11.5. The SMILES string of the molecule is CCN(CC)CCCNC(=O)CN1C(=O)/C(=C\c2cccc(F)c2)OC2CCCCC21. The van der Waals surface area contributed by atoms with E-state index >= 15 is 0 Å². The Morgan fingerprint density at radius 3 is 2.81 bits per heavy atom. The van der Waals surface area contributed by atoms with Crippen LogP contribution in [-0.4, -0.2) is 66.5 Å². The van der Waals surface area contributed by atoms with Crippen molar-refractivity contribution in [2.24, 2.45) is 0 Å². The first-order valence-corrected chi connectivity index (χ1v) is 11.5. The minimum atomic E-state index is -0.367. The maximum atomic E-state index is 13.6. The first-order chi connectivity index (χ1) is 15.0. The Labute approximate surface area is 184 Å². The topological polar surface area (TPSA) is 61.9 Å². The van der Waals surface area contributed by atoms with Gasteiger partial charge in [-0.1, -0.05) is 32.4 Å². The number of fused-ring (bicyclic) bond motifs is 1. The molecule has 7 heteroatoms. The van der Waals surface area contributed by atoms with Crippen molar-refractivity contribution in [1.82, 2.24) is 15.1 Å². The predicted molar refractivity (Wildman–Crippen MR) is 119 cm³/mol. The van der Waals surface area contributed by atoms with E-state index in [1.165, 1.54) is 12.1 Å². The van der Waals surface area contributed by atoms with Crippen LogP contribution in [0.3, 0.4) is 0 Å². The number of amides is 2. The third-order valence-corrected chi connectivity index (χ3v) is 6.15. The molecular formula is C24H34FN3O3. The number of ether oxygens (including phenoxy) is 1. The quantitative estimate of drug-likeness (QED) is 0.482. The Kier molecular flexibility index (Phi) is 8.46. The van der Waals surface area contributed by atoms with Crippen LogP contribution in [0.4, 0.5) is 4.39 Å². The summed E-state index contributed by atoms with van der Waals surface area (Å²) >= 11 is 0. The van der Waals surface area contributed by atoms with E-state index in [-0.39, 0.29) is 42.1 Å². The molecule has 170 valence electrons. The molecule has 2 amide bonds. The van der Waals surface area contributed by atoms with Gasteiger partial charge in [-0.3, -0.25) is 9.59 Å². The van der Waals surface area contributed by atoms with Crippen LogP contribution in [0.15, 0.2) is 30.0 Å². The van der Waals surface area contributed by atoms with Gasteiger partial charge in [-0.05, 0) is 69.1 Å². The van der Waals surface area contributed by atoms with E-state index in [9.17, 15) is 14.0 Å². The van der Waals surface area contributed by atoms with Gasteiger partial charge in [-0.15, -0.1) is 0 Å². The van der Waals surface area contributed by atoms with Crippen molar-refractivity contribution in [3.8, 4) is 0 Å². The first kappa shape index (κ1) is 23.3. The fourth-order valence-electron chi connectivity index (χ4n) is 4.39. The lowest BCUT2D eigenvalue weighted by molar-refractivity contribution is -0.151. The summed E-state index contributed by atoms with van der Waals surface area (Å²) in [5, 5.41) is 2.95. The molecule has 6 nitrogen and oxygen atoms in total. The van der Waals surface area contributed by atoms with Crippen LogP contribution in [-0.2, 0) is 14.3 Å². The number of hydrogen-bond donors (Lipinski definition) is 1. The van der Waals surface area contributed by atoms with Crippen LogP contribution in [0.1, 0.15) is 51.5 Å². The van der Waals surface area contributed by atoms with Crippen molar-refractivity contribution in [3.05, 3.63) is 41.4 Å². The van der Waals surface area contributed by atoms with Crippen LogP contribution in [0.25, 0.3) is 6.08 Å². The van der Waals surface area contributed by atoms with Gasteiger partial charge < -0.3 is 19.9 Å². The van der Waals surface area contributed by atoms with Crippen molar-refractivity contribution in [2.75, 3.05) is 32.7 Å². The second-order valence-corrected chi connectivity index (χ2v) is 8.24. The molecule has 0 bridgehead atoms. The maximum Gasteiger partial charge on any atom is 0.289 e. The zero-order chi connectivity index (χ0) is 22.2. The molecule has 1 heterocycles. The van der Waals surface area contributed by atoms with Gasteiger partial charge in [0.2, 0.25) is 5.91 Å². The number of carbonyl (C=O) groups excluding carboxylic acids is 2. The second-order valence-electron chi connectivity index (χ2n) is 8.24. The van der Waals surface area contributed by atoms with Gasteiger partial charge >= 0.3 is 0 Å². The number of benzene rings is 1. The van der Waals surface area contributed by atoms with E-state index < -0.39 is 0 Å². The lowest BCUT2D eigenvalue weighted by atomic mass is 9.89. The summed E-state index contributed by atoms with van der Waals surface area (Å²) in [5.74, 6) is -0.632. The lowest BCUT2D eigenvalue weighted by Gasteiger charge is -2.44. The number of hydrogen-bond acceptors (Lipinski definition) is 4.